The zero-order chi connectivity index (χ0) is 19.3. The number of nitrogens with one attached hydrogen (secondary N) is 1. The number of halogens is 4. The fourth-order valence-electron chi connectivity index (χ4n) is 1.83. The number of rotatable bonds is 6. The number of anilines is 1. The summed E-state index contributed by atoms with van der Waals surface area (Å²) in [6.07, 6.45) is -0.998. The predicted molar refractivity (Wildman–Crippen MR) is 97.6 cm³/mol. The van der Waals surface area contributed by atoms with Crippen molar-refractivity contribution in [1.82, 2.24) is 0 Å². The summed E-state index contributed by atoms with van der Waals surface area (Å²) in [5, 5.41) is 2.95. The summed E-state index contributed by atoms with van der Waals surface area (Å²) in [5.74, 6) is -1.73. The first kappa shape index (κ1) is 20.3. The summed E-state index contributed by atoms with van der Waals surface area (Å²) in [7, 11) is 0. The minimum absolute atomic E-state index is 0.137. The molecule has 0 aliphatic rings. The summed E-state index contributed by atoms with van der Waals surface area (Å²) in [4.78, 5) is 23.7. The highest BCUT2D eigenvalue weighted by Gasteiger charge is 2.19. The molecule has 0 spiro atoms. The van der Waals surface area contributed by atoms with E-state index >= 15 is 0 Å². The van der Waals surface area contributed by atoms with Crippen molar-refractivity contribution in [3.05, 3.63) is 57.3 Å². The average molecular weight is 421 g/mol. The maximum absolute atomic E-state index is 13.1. The first-order valence-electron chi connectivity index (χ1n) is 7.29. The minimum Gasteiger partial charge on any atom is -0.477 e. The number of carbonyl (C=O) groups is 2. The van der Waals surface area contributed by atoms with E-state index in [1.165, 1.54) is 31.2 Å². The molecule has 1 amide bonds. The van der Waals surface area contributed by atoms with Crippen LogP contribution in [0.15, 0.2) is 36.4 Å². The summed E-state index contributed by atoms with van der Waals surface area (Å²) in [6.45, 7) is 0.904. The van der Waals surface area contributed by atoms with E-state index < -0.39 is 30.4 Å². The molecule has 1 N–H and O–H groups in total. The molecule has 0 saturated carbocycles. The van der Waals surface area contributed by atoms with Crippen molar-refractivity contribution in [1.29, 1.82) is 0 Å². The van der Waals surface area contributed by atoms with Gasteiger partial charge in [0.15, 0.2) is 12.7 Å². The lowest BCUT2D eigenvalue weighted by atomic mass is 10.3. The van der Waals surface area contributed by atoms with Gasteiger partial charge < -0.3 is 14.8 Å². The molecule has 0 saturated heterocycles. The molecular formula is C17H13Cl3FNO4. The molecule has 0 unspecified atom stereocenters. The largest absolute Gasteiger partial charge is 0.477 e. The Hall–Kier alpha value is -2.02. The van der Waals surface area contributed by atoms with E-state index in [0.717, 1.165) is 6.07 Å². The van der Waals surface area contributed by atoms with Gasteiger partial charge in [0.05, 0.1) is 10.0 Å². The van der Waals surface area contributed by atoms with Crippen molar-refractivity contribution in [2.75, 3.05) is 11.9 Å². The van der Waals surface area contributed by atoms with E-state index in [1.807, 2.05) is 0 Å². The number of benzene rings is 2. The third kappa shape index (κ3) is 5.76. The number of amides is 1. The van der Waals surface area contributed by atoms with E-state index in [0.29, 0.717) is 5.02 Å². The summed E-state index contributed by atoms with van der Waals surface area (Å²) < 4.78 is 23.3. The van der Waals surface area contributed by atoms with Gasteiger partial charge in [-0.1, -0.05) is 34.8 Å². The maximum atomic E-state index is 13.1. The molecule has 2 aromatic carbocycles. The summed E-state index contributed by atoms with van der Waals surface area (Å²) in [6, 6.07) is 8.22. The van der Waals surface area contributed by atoms with Crippen molar-refractivity contribution < 1.29 is 23.5 Å². The second-order valence-electron chi connectivity index (χ2n) is 5.12. The van der Waals surface area contributed by atoms with Gasteiger partial charge in [0.1, 0.15) is 11.6 Å². The average Bonchev–Trinajstić information content (AvgIpc) is 2.58. The SMILES string of the molecule is C[C@@H](Oc1ccc(Cl)cc1Cl)C(=O)OCC(=O)Nc1ccc(F)c(Cl)c1. The molecule has 1 atom stereocenters. The van der Waals surface area contributed by atoms with Gasteiger partial charge in [0.2, 0.25) is 0 Å². The van der Waals surface area contributed by atoms with Gasteiger partial charge in [-0.15, -0.1) is 0 Å². The van der Waals surface area contributed by atoms with Crippen molar-refractivity contribution in [3.8, 4) is 5.75 Å². The van der Waals surface area contributed by atoms with Crippen LogP contribution in [0.2, 0.25) is 15.1 Å². The smallest absolute Gasteiger partial charge is 0.347 e. The van der Waals surface area contributed by atoms with Gasteiger partial charge in [-0.3, -0.25) is 4.79 Å². The Balaban J connectivity index is 1.84. The lowest BCUT2D eigenvalue weighted by Crippen LogP contribution is -2.29. The topological polar surface area (TPSA) is 64.6 Å². The lowest BCUT2D eigenvalue weighted by molar-refractivity contribution is -0.153. The highest BCUT2D eigenvalue weighted by molar-refractivity contribution is 6.35. The van der Waals surface area contributed by atoms with Crippen molar-refractivity contribution >= 4 is 52.4 Å². The Morgan fingerprint density at radius 2 is 1.85 bits per heavy atom. The Bertz CT molecular complexity index is 832. The fraction of sp³-hybridized carbons (Fsp3) is 0.176. The first-order chi connectivity index (χ1) is 12.3. The van der Waals surface area contributed by atoms with Gasteiger partial charge in [-0.05, 0) is 43.3 Å². The second kappa shape index (κ2) is 9.07. The molecule has 138 valence electrons. The van der Waals surface area contributed by atoms with Crippen LogP contribution in [0.4, 0.5) is 10.1 Å². The Morgan fingerprint density at radius 3 is 2.50 bits per heavy atom. The summed E-state index contributed by atoms with van der Waals surface area (Å²) in [5.41, 5.74) is 0.273. The molecule has 5 nitrogen and oxygen atoms in total. The molecule has 0 aromatic heterocycles. The van der Waals surface area contributed by atoms with Crippen LogP contribution in [0.1, 0.15) is 6.92 Å². The van der Waals surface area contributed by atoms with Crippen LogP contribution < -0.4 is 10.1 Å². The summed E-state index contributed by atoms with van der Waals surface area (Å²) >= 11 is 17.4. The van der Waals surface area contributed by atoms with Crippen molar-refractivity contribution in [2.24, 2.45) is 0 Å². The van der Waals surface area contributed by atoms with Crippen molar-refractivity contribution in [2.45, 2.75) is 13.0 Å². The molecule has 26 heavy (non-hydrogen) atoms. The van der Waals surface area contributed by atoms with Gasteiger partial charge in [0, 0.05) is 10.7 Å². The van der Waals surface area contributed by atoms with Crippen LogP contribution in [0.3, 0.4) is 0 Å². The van der Waals surface area contributed by atoms with Crippen LogP contribution in [0.5, 0.6) is 5.75 Å². The molecule has 0 heterocycles. The molecule has 2 rings (SSSR count). The number of hydrogen-bond donors (Lipinski definition) is 1. The van der Waals surface area contributed by atoms with Crippen LogP contribution in [-0.4, -0.2) is 24.6 Å². The predicted octanol–water partition coefficient (Wildman–Crippen LogP) is 4.74. The Labute approximate surface area is 163 Å². The van der Waals surface area contributed by atoms with E-state index in [4.69, 9.17) is 44.3 Å². The highest BCUT2D eigenvalue weighted by Crippen LogP contribution is 2.28. The molecule has 9 heteroatoms. The molecule has 0 bridgehead atoms. The van der Waals surface area contributed by atoms with E-state index in [2.05, 4.69) is 5.32 Å². The van der Waals surface area contributed by atoms with Crippen LogP contribution in [0.25, 0.3) is 0 Å². The number of carbonyl (C=O) groups excluding carboxylic acids is 2. The van der Waals surface area contributed by atoms with E-state index in [-0.39, 0.29) is 21.5 Å². The molecule has 0 aliphatic carbocycles. The zero-order valence-electron chi connectivity index (χ0n) is 13.4. The first-order valence-corrected chi connectivity index (χ1v) is 8.43. The minimum atomic E-state index is -0.998. The Kier molecular flexibility index (Phi) is 7.08. The molecule has 2 aromatic rings. The highest BCUT2D eigenvalue weighted by atomic mass is 35.5. The monoisotopic (exact) mass is 419 g/mol. The third-order valence-electron chi connectivity index (χ3n) is 3.08. The van der Waals surface area contributed by atoms with Crippen molar-refractivity contribution in [3.63, 3.8) is 0 Å². The quantitative estimate of drug-likeness (QED) is 0.686. The van der Waals surface area contributed by atoms with Gasteiger partial charge in [-0.25, -0.2) is 9.18 Å². The van der Waals surface area contributed by atoms with Gasteiger partial charge in [0.25, 0.3) is 5.91 Å². The van der Waals surface area contributed by atoms with Crippen LogP contribution >= 0.6 is 34.8 Å². The molecule has 0 aliphatic heterocycles. The normalized spacial score (nSPS) is 11.6. The second-order valence-corrected chi connectivity index (χ2v) is 6.37. The van der Waals surface area contributed by atoms with Crippen LogP contribution in [-0.2, 0) is 14.3 Å². The fourth-order valence-corrected chi connectivity index (χ4v) is 2.47. The van der Waals surface area contributed by atoms with Gasteiger partial charge >= 0.3 is 5.97 Å². The number of esters is 1. The van der Waals surface area contributed by atoms with Crippen LogP contribution in [0, 0.1) is 5.82 Å². The molecule has 0 fully saturated rings. The third-order valence-corrected chi connectivity index (χ3v) is 3.90. The number of ether oxygens (including phenoxy) is 2. The molecule has 0 radical (unpaired) electrons. The standard InChI is InChI=1S/C17H13Cl3FNO4/c1-9(26-15-5-2-10(18)6-13(15)20)17(24)25-8-16(23)22-11-3-4-14(21)12(19)7-11/h2-7,9H,8H2,1H3,(H,22,23)/t9-/m1/s1. The maximum Gasteiger partial charge on any atom is 0.347 e. The van der Waals surface area contributed by atoms with Gasteiger partial charge in [-0.2, -0.15) is 0 Å². The van der Waals surface area contributed by atoms with E-state index in [9.17, 15) is 14.0 Å². The number of hydrogen-bond acceptors (Lipinski definition) is 4. The van der Waals surface area contributed by atoms with E-state index in [1.54, 1.807) is 6.07 Å². The lowest BCUT2D eigenvalue weighted by Gasteiger charge is -2.15. The molecular weight excluding hydrogens is 408 g/mol. The zero-order valence-corrected chi connectivity index (χ0v) is 15.7. The Morgan fingerprint density at radius 1 is 1.12 bits per heavy atom.